The highest BCUT2D eigenvalue weighted by molar-refractivity contribution is 7.13. The predicted octanol–water partition coefficient (Wildman–Crippen LogP) is 3.87. The number of nitrogens with one attached hydrogen (secondary N) is 1. The Morgan fingerprint density at radius 3 is 2.64 bits per heavy atom. The summed E-state index contributed by atoms with van der Waals surface area (Å²) in [5, 5.41) is 14.0. The number of anilines is 2. The summed E-state index contributed by atoms with van der Waals surface area (Å²) in [7, 11) is 0. The molecule has 0 unspecified atom stereocenters. The summed E-state index contributed by atoms with van der Waals surface area (Å²) in [6, 6.07) is 12.1. The molecule has 3 heterocycles. The number of esters is 1. The molecule has 1 fully saturated rings. The molecule has 2 aromatic heterocycles. The summed E-state index contributed by atoms with van der Waals surface area (Å²) in [5.41, 5.74) is 3.72. The number of thiazole rings is 1. The standard InChI is InChI=1S/C24H27N5O3S/c1-3-32-22(30)14-18-15-33-24(25-18)26-23(31)17-10-12-29(13-11-17)21-9-8-20(27-28-21)19-7-5-4-6-16(19)2/h4-9,15,17H,3,10-14H2,1-2H3,(H,25,26,31). The van der Waals surface area contributed by atoms with Crippen molar-refractivity contribution in [1.82, 2.24) is 15.2 Å². The van der Waals surface area contributed by atoms with E-state index in [1.54, 1.807) is 12.3 Å². The second-order valence-corrected chi connectivity index (χ2v) is 8.83. The highest BCUT2D eigenvalue weighted by Crippen LogP contribution is 2.26. The quantitative estimate of drug-likeness (QED) is 0.529. The Balaban J connectivity index is 1.29. The minimum absolute atomic E-state index is 0.0346. The number of benzene rings is 1. The smallest absolute Gasteiger partial charge is 0.311 e. The van der Waals surface area contributed by atoms with E-state index in [4.69, 9.17) is 4.74 Å². The molecule has 0 aliphatic carbocycles. The summed E-state index contributed by atoms with van der Waals surface area (Å²) in [5.74, 6) is 0.392. The van der Waals surface area contributed by atoms with E-state index in [1.165, 1.54) is 16.9 Å². The number of aromatic nitrogens is 3. The van der Waals surface area contributed by atoms with Crippen LogP contribution in [0.1, 0.15) is 31.0 Å². The number of piperidine rings is 1. The molecular formula is C24H27N5O3S. The number of carbonyl (C=O) groups is 2. The van der Waals surface area contributed by atoms with Crippen molar-refractivity contribution in [1.29, 1.82) is 0 Å². The number of amides is 1. The van der Waals surface area contributed by atoms with Gasteiger partial charge in [0, 0.05) is 30.0 Å². The molecule has 172 valence electrons. The Bertz CT molecular complexity index is 1110. The van der Waals surface area contributed by atoms with E-state index < -0.39 is 0 Å². The lowest BCUT2D eigenvalue weighted by Crippen LogP contribution is -2.38. The van der Waals surface area contributed by atoms with Gasteiger partial charge in [-0.05, 0) is 44.4 Å². The van der Waals surface area contributed by atoms with Crippen LogP contribution in [0, 0.1) is 12.8 Å². The number of hydrogen-bond acceptors (Lipinski definition) is 8. The SMILES string of the molecule is CCOC(=O)Cc1csc(NC(=O)C2CCN(c3ccc(-c4ccccc4C)nn3)CC2)n1. The van der Waals surface area contributed by atoms with Crippen LogP contribution < -0.4 is 10.2 Å². The van der Waals surface area contributed by atoms with E-state index in [-0.39, 0.29) is 24.2 Å². The number of ether oxygens (including phenoxy) is 1. The molecule has 1 aromatic carbocycles. The van der Waals surface area contributed by atoms with Gasteiger partial charge in [0.25, 0.3) is 0 Å². The van der Waals surface area contributed by atoms with E-state index in [9.17, 15) is 9.59 Å². The minimum atomic E-state index is -0.317. The first-order valence-electron chi connectivity index (χ1n) is 11.1. The van der Waals surface area contributed by atoms with Gasteiger partial charge in [0.2, 0.25) is 5.91 Å². The molecule has 8 nitrogen and oxygen atoms in total. The lowest BCUT2D eigenvalue weighted by molar-refractivity contribution is -0.142. The molecule has 4 rings (SSSR count). The third-order valence-corrected chi connectivity index (χ3v) is 6.48. The van der Waals surface area contributed by atoms with Gasteiger partial charge in [0.15, 0.2) is 10.9 Å². The topological polar surface area (TPSA) is 97.3 Å². The van der Waals surface area contributed by atoms with E-state index in [2.05, 4.69) is 38.4 Å². The fourth-order valence-corrected chi connectivity index (χ4v) is 4.59. The maximum atomic E-state index is 12.7. The van der Waals surface area contributed by atoms with Crippen molar-refractivity contribution in [2.45, 2.75) is 33.1 Å². The maximum absolute atomic E-state index is 12.7. The third-order valence-electron chi connectivity index (χ3n) is 5.67. The van der Waals surface area contributed by atoms with E-state index >= 15 is 0 Å². The Morgan fingerprint density at radius 2 is 1.94 bits per heavy atom. The van der Waals surface area contributed by atoms with Crippen molar-refractivity contribution >= 4 is 34.2 Å². The summed E-state index contributed by atoms with van der Waals surface area (Å²) in [6.45, 7) is 5.65. The number of nitrogens with zero attached hydrogens (tertiary/aromatic N) is 4. The molecule has 0 saturated carbocycles. The van der Waals surface area contributed by atoms with Gasteiger partial charge in [-0.3, -0.25) is 9.59 Å². The number of rotatable bonds is 7. The first-order valence-corrected chi connectivity index (χ1v) is 12.0. The first-order chi connectivity index (χ1) is 16.0. The molecule has 1 aliphatic rings. The maximum Gasteiger partial charge on any atom is 0.311 e. The normalized spacial score (nSPS) is 14.2. The van der Waals surface area contributed by atoms with E-state index in [0.29, 0.717) is 17.4 Å². The van der Waals surface area contributed by atoms with Crippen LogP contribution in [0.5, 0.6) is 0 Å². The van der Waals surface area contributed by atoms with Gasteiger partial charge in [0.05, 0.1) is 24.4 Å². The van der Waals surface area contributed by atoms with Crippen LogP contribution in [0.4, 0.5) is 10.9 Å². The zero-order valence-electron chi connectivity index (χ0n) is 18.8. The van der Waals surface area contributed by atoms with Gasteiger partial charge in [-0.15, -0.1) is 21.5 Å². The summed E-state index contributed by atoms with van der Waals surface area (Å²) in [4.78, 5) is 30.8. The monoisotopic (exact) mass is 465 g/mol. The van der Waals surface area contributed by atoms with Gasteiger partial charge < -0.3 is 15.0 Å². The van der Waals surface area contributed by atoms with Crippen LogP contribution in [-0.2, 0) is 20.7 Å². The van der Waals surface area contributed by atoms with Gasteiger partial charge >= 0.3 is 5.97 Å². The summed E-state index contributed by atoms with van der Waals surface area (Å²) < 4.78 is 4.94. The molecule has 1 saturated heterocycles. The molecule has 1 aliphatic heterocycles. The largest absolute Gasteiger partial charge is 0.466 e. The van der Waals surface area contributed by atoms with Gasteiger partial charge in [0.1, 0.15) is 0 Å². The van der Waals surface area contributed by atoms with Gasteiger partial charge in [-0.25, -0.2) is 4.98 Å². The molecule has 3 aromatic rings. The molecule has 33 heavy (non-hydrogen) atoms. The molecule has 0 bridgehead atoms. The van der Waals surface area contributed by atoms with Crippen LogP contribution in [0.15, 0.2) is 41.8 Å². The highest BCUT2D eigenvalue weighted by Gasteiger charge is 2.26. The Labute approximate surface area is 197 Å². The Hall–Kier alpha value is -3.33. The second-order valence-electron chi connectivity index (χ2n) is 7.97. The lowest BCUT2D eigenvalue weighted by atomic mass is 9.96. The summed E-state index contributed by atoms with van der Waals surface area (Å²) in [6.07, 6.45) is 1.57. The molecule has 9 heteroatoms. The van der Waals surface area contributed by atoms with Gasteiger partial charge in [-0.2, -0.15) is 0 Å². The van der Waals surface area contributed by atoms with E-state index in [0.717, 1.165) is 43.0 Å². The molecular weight excluding hydrogens is 438 g/mol. The van der Waals surface area contributed by atoms with Crippen molar-refractivity contribution in [3.8, 4) is 11.3 Å². The lowest BCUT2D eigenvalue weighted by Gasteiger charge is -2.31. The highest BCUT2D eigenvalue weighted by atomic mass is 32.1. The fourth-order valence-electron chi connectivity index (χ4n) is 3.88. The third kappa shape index (κ3) is 5.73. The number of hydrogen-bond donors (Lipinski definition) is 1. The molecule has 0 radical (unpaired) electrons. The Morgan fingerprint density at radius 1 is 1.15 bits per heavy atom. The van der Waals surface area contributed by atoms with Crippen LogP contribution >= 0.6 is 11.3 Å². The predicted molar refractivity (Wildman–Crippen MR) is 128 cm³/mol. The van der Waals surface area contributed by atoms with Crippen LogP contribution in [0.3, 0.4) is 0 Å². The minimum Gasteiger partial charge on any atom is -0.466 e. The van der Waals surface area contributed by atoms with Crippen LogP contribution in [0.25, 0.3) is 11.3 Å². The van der Waals surface area contributed by atoms with Gasteiger partial charge in [-0.1, -0.05) is 24.3 Å². The van der Waals surface area contributed by atoms with Crippen LogP contribution in [0.2, 0.25) is 0 Å². The zero-order valence-corrected chi connectivity index (χ0v) is 19.6. The molecule has 1 amide bonds. The van der Waals surface area contributed by atoms with Crippen molar-refractivity contribution in [2.24, 2.45) is 5.92 Å². The Kier molecular flexibility index (Phi) is 7.29. The molecule has 0 atom stereocenters. The van der Waals surface area contributed by atoms with Crippen molar-refractivity contribution < 1.29 is 14.3 Å². The van der Waals surface area contributed by atoms with E-state index in [1.807, 2.05) is 30.3 Å². The average Bonchev–Trinajstić information content (AvgIpc) is 3.26. The van der Waals surface area contributed by atoms with Crippen molar-refractivity contribution in [3.63, 3.8) is 0 Å². The summed E-state index contributed by atoms with van der Waals surface area (Å²) >= 11 is 1.32. The van der Waals surface area contributed by atoms with Crippen molar-refractivity contribution in [3.05, 3.63) is 53.0 Å². The second kappa shape index (κ2) is 10.5. The molecule has 1 N–H and O–H groups in total. The molecule has 0 spiro atoms. The van der Waals surface area contributed by atoms with Crippen LogP contribution in [-0.4, -0.2) is 46.8 Å². The number of aryl methyl sites for hydroxylation is 1. The zero-order chi connectivity index (χ0) is 23.2. The fraction of sp³-hybridized carbons (Fsp3) is 0.375. The number of carbonyl (C=O) groups excluding carboxylic acids is 2. The van der Waals surface area contributed by atoms with Crippen molar-refractivity contribution in [2.75, 3.05) is 29.9 Å². The first kappa shape index (κ1) is 22.8. The average molecular weight is 466 g/mol.